The highest BCUT2D eigenvalue weighted by molar-refractivity contribution is 4.99. The van der Waals surface area contributed by atoms with Crippen molar-refractivity contribution in [1.29, 1.82) is 0 Å². The average Bonchev–Trinajstić information content (AvgIpc) is 2.75. The molecule has 0 aromatic carbocycles. The van der Waals surface area contributed by atoms with Crippen LogP contribution >= 0.6 is 0 Å². The van der Waals surface area contributed by atoms with Crippen molar-refractivity contribution in [3.8, 4) is 0 Å². The Balaban J connectivity index is 2.39. The van der Waals surface area contributed by atoms with Crippen LogP contribution in [-0.2, 0) is 18.9 Å². The van der Waals surface area contributed by atoms with Crippen LogP contribution in [0.1, 0.15) is 16.0 Å². The molecule has 1 fully saturated rings. The van der Waals surface area contributed by atoms with Gasteiger partial charge in [0, 0.05) is 33.1 Å². The minimum atomic E-state index is -2.66. The van der Waals surface area contributed by atoms with Crippen LogP contribution in [0.25, 0.3) is 0 Å². The third kappa shape index (κ3) is 2.76. The maximum atomic E-state index is 12.1. The van der Waals surface area contributed by atoms with Crippen molar-refractivity contribution in [1.82, 2.24) is 9.55 Å². The molecule has 1 aliphatic rings. The highest BCUT2D eigenvalue weighted by atomic mass is 16.6. The number of aryl methyl sites for hydroxylation is 1. The maximum Gasteiger partial charge on any atom is 0.349 e. The highest BCUT2D eigenvalue weighted by Crippen LogP contribution is 2.32. The molecule has 112 valence electrons. The van der Waals surface area contributed by atoms with Crippen LogP contribution in [0.5, 0.6) is 0 Å². The molecule has 0 radical (unpaired) electrons. The summed E-state index contributed by atoms with van der Waals surface area (Å²) in [6, 6.07) is 1.63. The molecule has 0 N–H and O–H groups in total. The lowest BCUT2D eigenvalue weighted by atomic mass is 10.1. The molecule has 20 heavy (non-hydrogen) atoms. The summed E-state index contributed by atoms with van der Waals surface area (Å²) in [6.45, 7) is 1.85. The Hall–Kier alpha value is -1.28. The van der Waals surface area contributed by atoms with Gasteiger partial charge >= 0.3 is 5.69 Å². The van der Waals surface area contributed by atoms with E-state index < -0.39 is 37.3 Å². The van der Waals surface area contributed by atoms with E-state index >= 15 is 0 Å². The van der Waals surface area contributed by atoms with Gasteiger partial charge in [0.1, 0.15) is 18.3 Å². The van der Waals surface area contributed by atoms with Crippen molar-refractivity contribution >= 4 is 0 Å². The van der Waals surface area contributed by atoms with Gasteiger partial charge in [0.05, 0.1) is 10.7 Å². The van der Waals surface area contributed by atoms with Crippen LogP contribution in [0, 0.1) is 6.92 Å². The molecule has 0 bridgehead atoms. The normalized spacial score (nSPS) is 32.6. The monoisotopic (exact) mass is 287 g/mol. The van der Waals surface area contributed by atoms with Crippen LogP contribution in [0.4, 0.5) is 0 Å². The van der Waals surface area contributed by atoms with E-state index in [9.17, 15) is 4.79 Å². The zero-order chi connectivity index (χ0) is 17.2. The number of aromatic nitrogens is 2. The number of methoxy groups -OCH3 is 3. The second-order valence-corrected chi connectivity index (χ2v) is 4.56. The van der Waals surface area contributed by atoms with Crippen LogP contribution in [0.3, 0.4) is 0 Å². The van der Waals surface area contributed by atoms with E-state index in [1.165, 1.54) is 25.0 Å². The van der Waals surface area contributed by atoms with Crippen molar-refractivity contribution in [2.75, 3.05) is 27.9 Å². The molecule has 0 aliphatic carbocycles. The molecule has 7 nitrogen and oxygen atoms in total. The molecule has 2 heterocycles. The lowest BCUT2D eigenvalue weighted by Gasteiger charge is -2.22. The Kier molecular flexibility index (Phi) is 3.67. The van der Waals surface area contributed by atoms with Gasteiger partial charge in [-0.2, -0.15) is 4.98 Å². The summed E-state index contributed by atoms with van der Waals surface area (Å²) < 4.78 is 44.5. The zero-order valence-corrected chi connectivity index (χ0v) is 11.6. The summed E-state index contributed by atoms with van der Waals surface area (Å²) in [7, 11) is 0.250. The van der Waals surface area contributed by atoms with Gasteiger partial charge in [-0.15, -0.1) is 0 Å². The first kappa shape index (κ1) is 11.4. The quantitative estimate of drug-likeness (QED) is 0.766. The topological polar surface area (TPSA) is 71.8 Å². The summed E-state index contributed by atoms with van der Waals surface area (Å²) in [4.78, 5) is 15.9. The fourth-order valence-electron chi connectivity index (χ4n) is 2.33. The summed E-state index contributed by atoms with van der Waals surface area (Å²) in [5.74, 6) is 0. The van der Waals surface area contributed by atoms with E-state index in [-0.39, 0.29) is 6.61 Å². The first-order valence-electron chi connectivity index (χ1n) is 7.67. The molecule has 1 saturated heterocycles. The van der Waals surface area contributed by atoms with Gasteiger partial charge in [-0.25, -0.2) is 4.79 Å². The number of ether oxygens (including phenoxy) is 4. The molecule has 0 spiro atoms. The third-order valence-electron chi connectivity index (χ3n) is 3.27. The molecule has 7 heteroatoms. The largest absolute Gasteiger partial charge is 0.382 e. The summed E-state index contributed by atoms with van der Waals surface area (Å²) in [5.41, 5.74) is -0.00340. The van der Waals surface area contributed by atoms with Crippen molar-refractivity contribution in [3.05, 3.63) is 28.4 Å². The standard InChI is InChI=1S/C13H20N2O5/c1-8-5-6-15(13(16)14-8)12-11(19-4)10(18-3)9(20-12)7-17-2/h5-6,9-12H,7H2,1-4H3/t9-,10-,11-,12-/m1/s1/i4D3. The minimum Gasteiger partial charge on any atom is -0.382 e. The minimum absolute atomic E-state index is 0.171. The lowest BCUT2D eigenvalue weighted by Crippen LogP contribution is -2.38. The van der Waals surface area contributed by atoms with Gasteiger partial charge in [-0.1, -0.05) is 0 Å². The Bertz CT molecular complexity index is 592. The average molecular weight is 287 g/mol. The number of hydrogen-bond acceptors (Lipinski definition) is 6. The summed E-state index contributed by atoms with van der Waals surface area (Å²) in [6.07, 6.45) is -1.76. The Morgan fingerprint density at radius 1 is 1.45 bits per heavy atom. The van der Waals surface area contributed by atoms with Crippen molar-refractivity contribution in [2.24, 2.45) is 0 Å². The molecule has 0 amide bonds. The number of hydrogen-bond donors (Lipinski definition) is 0. The van der Waals surface area contributed by atoms with Gasteiger partial charge in [0.2, 0.25) is 0 Å². The van der Waals surface area contributed by atoms with Crippen LogP contribution < -0.4 is 5.69 Å². The lowest BCUT2D eigenvalue weighted by molar-refractivity contribution is -0.0672. The summed E-state index contributed by atoms with van der Waals surface area (Å²) >= 11 is 0. The molecule has 1 aromatic heterocycles. The second-order valence-electron chi connectivity index (χ2n) is 4.56. The molecule has 2 rings (SSSR count). The SMILES string of the molecule is [2H]C([2H])([2H])O[C@@H]1[C@H](OC)[C@@H](COC)O[C@H]1n1ccc(C)nc1=O. The fourth-order valence-corrected chi connectivity index (χ4v) is 2.33. The van der Waals surface area contributed by atoms with E-state index in [1.807, 2.05) is 0 Å². The zero-order valence-electron chi connectivity index (χ0n) is 14.6. The second kappa shape index (κ2) is 6.45. The molecule has 1 aliphatic heterocycles. The van der Waals surface area contributed by atoms with Crippen LogP contribution in [0.15, 0.2) is 17.1 Å². The Labute approximate surface area is 121 Å². The van der Waals surface area contributed by atoms with E-state index in [0.717, 1.165) is 0 Å². The first-order chi connectivity index (χ1) is 10.8. The molecular formula is C13H20N2O5. The van der Waals surface area contributed by atoms with Gasteiger partial charge < -0.3 is 18.9 Å². The Morgan fingerprint density at radius 3 is 2.85 bits per heavy atom. The van der Waals surface area contributed by atoms with Gasteiger partial charge in [-0.05, 0) is 13.0 Å². The molecule has 0 saturated carbocycles. The Morgan fingerprint density at radius 2 is 2.25 bits per heavy atom. The van der Waals surface area contributed by atoms with Gasteiger partial charge in [0.15, 0.2) is 6.23 Å². The summed E-state index contributed by atoms with van der Waals surface area (Å²) in [5, 5.41) is 0. The molecular weight excluding hydrogens is 264 g/mol. The number of nitrogens with zero attached hydrogens (tertiary/aromatic N) is 2. The predicted octanol–water partition coefficient (Wildman–Crippen LogP) is 0.126. The van der Waals surface area contributed by atoms with Gasteiger partial charge in [-0.3, -0.25) is 4.57 Å². The van der Waals surface area contributed by atoms with Crippen molar-refractivity contribution < 1.29 is 23.1 Å². The van der Waals surface area contributed by atoms with E-state index in [4.69, 9.17) is 23.1 Å². The third-order valence-corrected chi connectivity index (χ3v) is 3.27. The van der Waals surface area contributed by atoms with Crippen LogP contribution in [0.2, 0.25) is 0 Å². The highest BCUT2D eigenvalue weighted by Gasteiger charge is 2.46. The van der Waals surface area contributed by atoms with Crippen LogP contribution in [-0.4, -0.2) is 55.7 Å². The van der Waals surface area contributed by atoms with Gasteiger partial charge in [0.25, 0.3) is 0 Å². The molecule has 0 unspecified atom stereocenters. The smallest absolute Gasteiger partial charge is 0.349 e. The first-order valence-corrected chi connectivity index (χ1v) is 6.17. The number of rotatable bonds is 5. The van der Waals surface area contributed by atoms with Crippen molar-refractivity contribution in [2.45, 2.75) is 31.5 Å². The fraction of sp³-hybridized carbons (Fsp3) is 0.692. The molecule has 1 aromatic rings. The molecule has 4 atom stereocenters. The maximum absolute atomic E-state index is 12.1. The predicted molar refractivity (Wildman–Crippen MR) is 70.6 cm³/mol. The van der Waals surface area contributed by atoms with Crippen molar-refractivity contribution in [3.63, 3.8) is 0 Å². The van der Waals surface area contributed by atoms with E-state index in [0.29, 0.717) is 5.69 Å². The van der Waals surface area contributed by atoms with E-state index in [1.54, 1.807) is 13.0 Å². The van der Waals surface area contributed by atoms with E-state index in [2.05, 4.69) is 4.98 Å².